The summed E-state index contributed by atoms with van der Waals surface area (Å²) in [6.45, 7) is -0.195. The van der Waals surface area contributed by atoms with E-state index in [4.69, 9.17) is 9.47 Å². The predicted octanol–water partition coefficient (Wildman–Crippen LogP) is 2.79. The van der Waals surface area contributed by atoms with Gasteiger partial charge in [-0.25, -0.2) is 5.43 Å². The number of phenolic OH excluding ortho intramolecular Hbond substituents is 2. The van der Waals surface area contributed by atoms with Crippen molar-refractivity contribution in [3.8, 4) is 23.0 Å². The monoisotopic (exact) mass is 366 g/mol. The van der Waals surface area contributed by atoms with Crippen LogP contribution in [0.25, 0.3) is 10.8 Å². The van der Waals surface area contributed by atoms with Crippen LogP contribution in [-0.2, 0) is 4.79 Å². The Hall–Kier alpha value is -3.74. The molecule has 3 N–H and O–H groups in total. The minimum atomic E-state index is -0.436. The van der Waals surface area contributed by atoms with Crippen LogP contribution in [0.2, 0.25) is 0 Å². The molecular weight excluding hydrogens is 348 g/mol. The van der Waals surface area contributed by atoms with Gasteiger partial charge in [-0.2, -0.15) is 5.10 Å². The number of ether oxygens (including phenoxy) is 2. The fourth-order valence-corrected chi connectivity index (χ4v) is 2.46. The molecule has 7 heteroatoms. The summed E-state index contributed by atoms with van der Waals surface area (Å²) in [6, 6.07) is 16.2. The third-order valence-corrected chi connectivity index (χ3v) is 3.79. The first-order chi connectivity index (χ1) is 13.1. The van der Waals surface area contributed by atoms with E-state index in [1.807, 2.05) is 36.4 Å². The van der Waals surface area contributed by atoms with Crippen LogP contribution < -0.4 is 14.9 Å². The lowest BCUT2D eigenvalue weighted by molar-refractivity contribution is -0.123. The summed E-state index contributed by atoms with van der Waals surface area (Å²) in [5.41, 5.74) is 2.77. The molecule has 0 aliphatic carbocycles. The molecule has 0 radical (unpaired) electrons. The van der Waals surface area contributed by atoms with Gasteiger partial charge < -0.3 is 19.7 Å². The standard InChI is InChI=1S/C20H18N2O5/c1-26-18-9-13(8-17(23)20(18)25)11-21-22-19(24)12-27-16-7-6-14-4-2-3-5-15(14)10-16/h2-11,23,25H,12H2,1H3,(H,22,24)/b21-11+. The number of benzene rings is 3. The maximum absolute atomic E-state index is 11.9. The molecule has 0 spiro atoms. The molecule has 0 atom stereocenters. The van der Waals surface area contributed by atoms with Crippen molar-refractivity contribution in [2.24, 2.45) is 5.10 Å². The lowest BCUT2D eigenvalue weighted by Gasteiger charge is -2.07. The molecule has 3 aromatic rings. The molecule has 0 bridgehead atoms. The van der Waals surface area contributed by atoms with Crippen LogP contribution in [0.3, 0.4) is 0 Å². The van der Waals surface area contributed by atoms with E-state index in [2.05, 4.69) is 10.5 Å². The Bertz CT molecular complexity index is 1000. The van der Waals surface area contributed by atoms with Crippen molar-refractivity contribution in [1.82, 2.24) is 5.43 Å². The molecule has 27 heavy (non-hydrogen) atoms. The van der Waals surface area contributed by atoms with E-state index in [9.17, 15) is 15.0 Å². The Labute approximate surface area is 155 Å². The maximum atomic E-state index is 11.9. The Morgan fingerprint density at radius 3 is 2.67 bits per heavy atom. The summed E-state index contributed by atoms with van der Waals surface area (Å²) in [6.07, 6.45) is 1.32. The zero-order valence-electron chi connectivity index (χ0n) is 14.5. The lowest BCUT2D eigenvalue weighted by atomic mass is 10.1. The number of carbonyl (C=O) groups is 1. The van der Waals surface area contributed by atoms with Gasteiger partial charge in [0.1, 0.15) is 5.75 Å². The molecule has 7 nitrogen and oxygen atoms in total. The van der Waals surface area contributed by atoms with Crippen molar-refractivity contribution in [1.29, 1.82) is 0 Å². The number of fused-ring (bicyclic) bond motifs is 1. The van der Waals surface area contributed by atoms with E-state index >= 15 is 0 Å². The zero-order valence-corrected chi connectivity index (χ0v) is 14.5. The Kier molecular flexibility index (Phi) is 5.41. The summed E-state index contributed by atoms with van der Waals surface area (Å²) >= 11 is 0. The summed E-state index contributed by atoms with van der Waals surface area (Å²) in [5.74, 6) is -0.456. The molecular formula is C20H18N2O5. The van der Waals surface area contributed by atoms with Crippen LogP contribution in [0.15, 0.2) is 59.7 Å². The summed E-state index contributed by atoms with van der Waals surface area (Å²) in [4.78, 5) is 11.9. The minimum absolute atomic E-state index is 0.0995. The third kappa shape index (κ3) is 4.46. The van der Waals surface area contributed by atoms with Crippen molar-refractivity contribution in [2.45, 2.75) is 0 Å². The van der Waals surface area contributed by atoms with Gasteiger partial charge in [0.2, 0.25) is 5.75 Å². The van der Waals surface area contributed by atoms with E-state index in [-0.39, 0.29) is 23.9 Å². The highest BCUT2D eigenvalue weighted by Crippen LogP contribution is 2.35. The fraction of sp³-hybridized carbons (Fsp3) is 0.100. The molecule has 0 aromatic heterocycles. The molecule has 0 heterocycles. The smallest absolute Gasteiger partial charge is 0.277 e. The van der Waals surface area contributed by atoms with E-state index in [1.165, 1.54) is 25.5 Å². The highest BCUT2D eigenvalue weighted by molar-refractivity contribution is 5.85. The second-order valence-electron chi connectivity index (χ2n) is 5.68. The fourth-order valence-electron chi connectivity index (χ4n) is 2.46. The van der Waals surface area contributed by atoms with E-state index < -0.39 is 5.91 Å². The Morgan fingerprint density at radius 1 is 1.11 bits per heavy atom. The number of nitrogens with one attached hydrogen (secondary N) is 1. The summed E-state index contributed by atoms with van der Waals surface area (Å²) in [5, 5.41) is 25.1. The van der Waals surface area contributed by atoms with Crippen LogP contribution in [0, 0.1) is 0 Å². The van der Waals surface area contributed by atoms with E-state index in [0.717, 1.165) is 10.8 Å². The Balaban J connectivity index is 1.56. The normalized spacial score (nSPS) is 10.9. The van der Waals surface area contributed by atoms with Crippen molar-refractivity contribution >= 4 is 22.9 Å². The first-order valence-electron chi connectivity index (χ1n) is 8.10. The minimum Gasteiger partial charge on any atom is -0.504 e. The van der Waals surface area contributed by atoms with Crippen LogP contribution in [-0.4, -0.2) is 36.1 Å². The number of methoxy groups -OCH3 is 1. The number of nitrogens with zero attached hydrogens (tertiary/aromatic N) is 1. The number of phenols is 2. The van der Waals surface area contributed by atoms with Crippen molar-refractivity contribution in [3.05, 3.63) is 60.2 Å². The molecule has 0 fully saturated rings. The van der Waals surface area contributed by atoms with Crippen LogP contribution in [0.5, 0.6) is 23.0 Å². The number of hydrogen-bond donors (Lipinski definition) is 3. The zero-order chi connectivity index (χ0) is 19.2. The lowest BCUT2D eigenvalue weighted by Crippen LogP contribution is -2.24. The van der Waals surface area contributed by atoms with Gasteiger partial charge in [0.25, 0.3) is 5.91 Å². The molecule has 1 amide bonds. The predicted molar refractivity (Wildman–Crippen MR) is 102 cm³/mol. The van der Waals surface area contributed by atoms with Gasteiger partial charge >= 0.3 is 0 Å². The average molecular weight is 366 g/mol. The topological polar surface area (TPSA) is 100 Å². The van der Waals surface area contributed by atoms with E-state index in [0.29, 0.717) is 11.3 Å². The highest BCUT2D eigenvalue weighted by atomic mass is 16.5. The maximum Gasteiger partial charge on any atom is 0.277 e. The SMILES string of the molecule is COc1cc(/C=N/NC(=O)COc2ccc3ccccc3c2)cc(O)c1O. The second-order valence-corrected chi connectivity index (χ2v) is 5.68. The van der Waals surface area contributed by atoms with Crippen molar-refractivity contribution < 1.29 is 24.5 Å². The second kappa shape index (κ2) is 8.09. The van der Waals surface area contributed by atoms with Gasteiger partial charge in [0.15, 0.2) is 18.1 Å². The molecule has 3 aromatic carbocycles. The quantitative estimate of drug-likeness (QED) is 0.354. The average Bonchev–Trinajstić information content (AvgIpc) is 2.68. The summed E-state index contributed by atoms with van der Waals surface area (Å²) in [7, 11) is 1.36. The molecule has 138 valence electrons. The van der Waals surface area contributed by atoms with Gasteiger partial charge in [-0.3, -0.25) is 4.79 Å². The number of amides is 1. The van der Waals surface area contributed by atoms with Crippen LogP contribution >= 0.6 is 0 Å². The number of aromatic hydroxyl groups is 2. The van der Waals surface area contributed by atoms with E-state index in [1.54, 1.807) is 6.07 Å². The number of carbonyl (C=O) groups excluding carboxylic acids is 1. The van der Waals surface area contributed by atoms with Crippen LogP contribution in [0.1, 0.15) is 5.56 Å². The van der Waals surface area contributed by atoms with Crippen molar-refractivity contribution in [3.63, 3.8) is 0 Å². The molecule has 0 saturated carbocycles. The highest BCUT2D eigenvalue weighted by Gasteiger charge is 2.08. The van der Waals surface area contributed by atoms with Gasteiger partial charge in [-0.15, -0.1) is 0 Å². The number of hydrogen-bond acceptors (Lipinski definition) is 6. The van der Waals surface area contributed by atoms with Gasteiger partial charge in [-0.1, -0.05) is 30.3 Å². The summed E-state index contributed by atoms with van der Waals surface area (Å²) < 4.78 is 10.4. The van der Waals surface area contributed by atoms with Gasteiger partial charge in [-0.05, 0) is 35.0 Å². The van der Waals surface area contributed by atoms with Crippen LogP contribution in [0.4, 0.5) is 0 Å². The number of hydrazone groups is 1. The van der Waals surface area contributed by atoms with Gasteiger partial charge in [0.05, 0.1) is 13.3 Å². The first kappa shape index (κ1) is 18.1. The first-order valence-corrected chi connectivity index (χ1v) is 8.10. The van der Waals surface area contributed by atoms with Crippen molar-refractivity contribution in [2.75, 3.05) is 13.7 Å². The number of rotatable bonds is 6. The molecule has 3 rings (SSSR count). The third-order valence-electron chi connectivity index (χ3n) is 3.79. The van der Waals surface area contributed by atoms with Gasteiger partial charge in [0, 0.05) is 5.56 Å². The molecule has 0 aliphatic heterocycles. The molecule has 0 saturated heterocycles. The molecule has 0 aliphatic rings. The Morgan fingerprint density at radius 2 is 1.89 bits per heavy atom. The largest absolute Gasteiger partial charge is 0.504 e. The molecule has 0 unspecified atom stereocenters.